The van der Waals surface area contributed by atoms with Gasteiger partial charge in [0, 0.05) is 12.8 Å². The molecule has 2 aliphatic carbocycles. The molecule has 1 fully saturated rings. The quantitative estimate of drug-likeness (QED) is 0.895. The van der Waals surface area contributed by atoms with Gasteiger partial charge >= 0.3 is 0 Å². The molecule has 0 aromatic heterocycles. The molecule has 0 spiro atoms. The van der Waals surface area contributed by atoms with Gasteiger partial charge < -0.3 is 5.11 Å². The van der Waals surface area contributed by atoms with E-state index in [1.165, 1.54) is 36.8 Å². The fourth-order valence-corrected chi connectivity index (χ4v) is 4.30. The van der Waals surface area contributed by atoms with E-state index in [2.05, 4.69) is 13.0 Å². The summed E-state index contributed by atoms with van der Waals surface area (Å²) in [4.78, 5) is 12.1. The Morgan fingerprint density at radius 2 is 2.15 bits per heavy atom. The van der Waals surface area contributed by atoms with E-state index in [1.54, 1.807) is 6.07 Å². The number of aromatic hydroxyl groups is 1. The molecule has 108 valence electrons. The summed E-state index contributed by atoms with van der Waals surface area (Å²) in [5.41, 5.74) is 2.59. The Hall–Kier alpha value is -1.31. The minimum atomic E-state index is 0.354. The molecule has 1 N–H and O–H groups in total. The Balaban J connectivity index is 1.88. The Morgan fingerprint density at radius 3 is 2.95 bits per heavy atom. The first-order chi connectivity index (χ1) is 9.69. The van der Waals surface area contributed by atoms with Crippen LogP contribution >= 0.6 is 0 Å². The van der Waals surface area contributed by atoms with E-state index < -0.39 is 0 Å². The van der Waals surface area contributed by atoms with Crippen LogP contribution in [0, 0.1) is 11.8 Å². The third-order valence-electron chi connectivity index (χ3n) is 5.26. The summed E-state index contributed by atoms with van der Waals surface area (Å²) in [6, 6.07) is 5.73. The fraction of sp³-hybridized carbons (Fsp3) is 0.611. The smallest absolute Gasteiger partial charge is 0.133 e. The van der Waals surface area contributed by atoms with Crippen molar-refractivity contribution in [2.24, 2.45) is 11.8 Å². The molecule has 20 heavy (non-hydrogen) atoms. The molecule has 0 heterocycles. The van der Waals surface area contributed by atoms with Gasteiger partial charge in [-0.25, -0.2) is 0 Å². The molecule has 0 radical (unpaired) electrons. The van der Waals surface area contributed by atoms with E-state index in [1.807, 2.05) is 6.07 Å². The summed E-state index contributed by atoms with van der Waals surface area (Å²) in [6.45, 7) is 2.22. The Kier molecular flexibility index (Phi) is 3.82. The van der Waals surface area contributed by atoms with Crippen LogP contribution in [0.4, 0.5) is 0 Å². The zero-order valence-corrected chi connectivity index (χ0v) is 12.3. The third kappa shape index (κ3) is 2.48. The standard InChI is InChI=1S/C18H24O2/c1-2-3-4-12-10-15(20)11-18-16(12)7-5-13-9-14(19)6-8-17(13)18/h6,8-9,12,16,18-19H,2-5,7,10-11H2,1H3/t12-,16+,18+/m1/s1. The van der Waals surface area contributed by atoms with E-state index in [0.29, 0.717) is 35.7 Å². The second-order valence-electron chi connectivity index (χ2n) is 6.54. The first-order valence-corrected chi connectivity index (χ1v) is 8.02. The molecule has 0 saturated heterocycles. The molecule has 1 aromatic rings. The maximum atomic E-state index is 12.1. The van der Waals surface area contributed by atoms with Crippen LogP contribution in [0.3, 0.4) is 0 Å². The minimum absolute atomic E-state index is 0.354. The molecule has 2 aliphatic rings. The lowest BCUT2D eigenvalue weighted by molar-refractivity contribution is -0.123. The molecule has 2 nitrogen and oxygen atoms in total. The van der Waals surface area contributed by atoms with Crippen LogP contribution < -0.4 is 0 Å². The van der Waals surface area contributed by atoms with Gasteiger partial charge in [-0.1, -0.05) is 25.8 Å². The molecule has 3 rings (SSSR count). The average Bonchev–Trinajstić information content (AvgIpc) is 2.44. The number of phenolic OH excluding ortho intramolecular Hbond substituents is 1. The van der Waals surface area contributed by atoms with Gasteiger partial charge in [0.25, 0.3) is 0 Å². The van der Waals surface area contributed by atoms with Crippen molar-refractivity contribution >= 4 is 5.78 Å². The molecule has 0 amide bonds. The number of hydrogen-bond acceptors (Lipinski definition) is 2. The Bertz CT molecular complexity index is 506. The van der Waals surface area contributed by atoms with E-state index in [0.717, 1.165) is 12.8 Å². The number of fused-ring (bicyclic) bond motifs is 3. The van der Waals surface area contributed by atoms with Crippen molar-refractivity contribution < 1.29 is 9.90 Å². The lowest BCUT2D eigenvalue weighted by Crippen LogP contribution is -2.35. The largest absolute Gasteiger partial charge is 0.508 e. The number of carbonyl (C=O) groups is 1. The van der Waals surface area contributed by atoms with Gasteiger partial charge in [0.2, 0.25) is 0 Å². The highest BCUT2D eigenvalue weighted by Gasteiger charge is 2.40. The number of aryl methyl sites for hydroxylation is 1. The minimum Gasteiger partial charge on any atom is -0.508 e. The number of rotatable bonds is 3. The van der Waals surface area contributed by atoms with Crippen LogP contribution in [0.25, 0.3) is 0 Å². The topological polar surface area (TPSA) is 37.3 Å². The number of ketones is 1. The van der Waals surface area contributed by atoms with Crippen LogP contribution in [-0.4, -0.2) is 10.9 Å². The van der Waals surface area contributed by atoms with Gasteiger partial charge in [-0.2, -0.15) is 0 Å². The number of Topliss-reactive ketones (excluding diaryl/α,β-unsaturated/α-hetero) is 1. The second-order valence-corrected chi connectivity index (χ2v) is 6.54. The van der Waals surface area contributed by atoms with Crippen molar-refractivity contribution in [2.45, 2.75) is 57.8 Å². The van der Waals surface area contributed by atoms with Crippen LogP contribution in [0.5, 0.6) is 5.75 Å². The number of phenols is 1. The van der Waals surface area contributed by atoms with Gasteiger partial charge in [-0.05, 0) is 60.3 Å². The highest BCUT2D eigenvalue weighted by molar-refractivity contribution is 5.81. The lowest BCUT2D eigenvalue weighted by atomic mass is 9.62. The number of benzene rings is 1. The molecule has 0 aliphatic heterocycles. The monoisotopic (exact) mass is 272 g/mol. The predicted octanol–water partition coefficient (Wildman–Crippen LogP) is 4.21. The first-order valence-electron chi connectivity index (χ1n) is 8.02. The van der Waals surface area contributed by atoms with Crippen molar-refractivity contribution in [1.29, 1.82) is 0 Å². The first kappa shape index (κ1) is 13.7. The van der Waals surface area contributed by atoms with Crippen molar-refractivity contribution in [3.8, 4) is 5.75 Å². The summed E-state index contributed by atoms with van der Waals surface area (Å²) in [7, 11) is 0. The van der Waals surface area contributed by atoms with Gasteiger partial charge in [0.15, 0.2) is 0 Å². The van der Waals surface area contributed by atoms with Crippen molar-refractivity contribution in [1.82, 2.24) is 0 Å². The molecule has 1 aromatic carbocycles. The molecule has 3 atom stereocenters. The van der Waals surface area contributed by atoms with E-state index >= 15 is 0 Å². The van der Waals surface area contributed by atoms with E-state index in [4.69, 9.17) is 0 Å². The maximum Gasteiger partial charge on any atom is 0.133 e. The zero-order chi connectivity index (χ0) is 14.1. The van der Waals surface area contributed by atoms with Crippen LogP contribution in [0.15, 0.2) is 18.2 Å². The Labute approximate surface area is 121 Å². The van der Waals surface area contributed by atoms with Gasteiger partial charge in [-0.3, -0.25) is 4.79 Å². The molecular formula is C18H24O2. The number of unbranched alkanes of at least 4 members (excludes halogenated alkanes) is 1. The maximum absolute atomic E-state index is 12.1. The van der Waals surface area contributed by atoms with E-state index in [9.17, 15) is 9.90 Å². The highest BCUT2D eigenvalue weighted by Crippen LogP contribution is 2.48. The van der Waals surface area contributed by atoms with E-state index in [-0.39, 0.29) is 0 Å². The van der Waals surface area contributed by atoms with Gasteiger partial charge in [-0.15, -0.1) is 0 Å². The summed E-state index contributed by atoms with van der Waals surface area (Å²) in [5.74, 6) is 2.46. The van der Waals surface area contributed by atoms with Crippen molar-refractivity contribution in [3.05, 3.63) is 29.3 Å². The van der Waals surface area contributed by atoms with Crippen molar-refractivity contribution in [2.75, 3.05) is 0 Å². The van der Waals surface area contributed by atoms with Crippen LogP contribution in [-0.2, 0) is 11.2 Å². The zero-order valence-electron chi connectivity index (χ0n) is 12.3. The van der Waals surface area contributed by atoms with Crippen LogP contribution in [0.1, 0.15) is 62.5 Å². The molecule has 1 saturated carbocycles. The van der Waals surface area contributed by atoms with Gasteiger partial charge in [0.1, 0.15) is 11.5 Å². The highest BCUT2D eigenvalue weighted by atomic mass is 16.3. The lowest BCUT2D eigenvalue weighted by Gasteiger charge is -2.42. The van der Waals surface area contributed by atoms with Gasteiger partial charge in [0.05, 0.1) is 0 Å². The number of carbonyl (C=O) groups excluding carboxylic acids is 1. The third-order valence-corrected chi connectivity index (χ3v) is 5.26. The fourth-order valence-electron chi connectivity index (χ4n) is 4.30. The molecular weight excluding hydrogens is 248 g/mol. The molecule has 0 unspecified atom stereocenters. The summed E-state index contributed by atoms with van der Waals surface area (Å²) < 4.78 is 0. The van der Waals surface area contributed by atoms with Crippen LogP contribution in [0.2, 0.25) is 0 Å². The summed E-state index contributed by atoms with van der Waals surface area (Å²) in [6.07, 6.45) is 7.41. The SMILES string of the molecule is CCCC[C@@H]1CC(=O)C[C@@H]2c3ccc(O)cc3CC[C@@H]12. The normalized spacial score (nSPS) is 28.9. The molecule has 2 heteroatoms. The van der Waals surface area contributed by atoms with Crippen molar-refractivity contribution in [3.63, 3.8) is 0 Å². The summed E-state index contributed by atoms with van der Waals surface area (Å²) in [5, 5.41) is 9.64. The summed E-state index contributed by atoms with van der Waals surface area (Å²) >= 11 is 0. The second kappa shape index (κ2) is 5.59. The average molecular weight is 272 g/mol. The predicted molar refractivity (Wildman–Crippen MR) is 79.9 cm³/mol. The number of hydrogen-bond donors (Lipinski definition) is 1. The Morgan fingerprint density at radius 1 is 1.30 bits per heavy atom. The molecule has 0 bridgehead atoms.